The maximum Gasteiger partial charge on any atom is 0.257 e. The molecule has 7 rings (SSSR count). The Morgan fingerprint density at radius 1 is 0.851 bits per heavy atom. The van der Waals surface area contributed by atoms with E-state index in [-0.39, 0.29) is 40.9 Å². The number of piperidine rings is 1. The Balaban J connectivity index is 1.06. The molecule has 2 aromatic rings. The third-order valence-corrected chi connectivity index (χ3v) is 12.0. The molecule has 1 aromatic carbocycles. The van der Waals surface area contributed by atoms with Crippen LogP contribution in [0.5, 0.6) is 0 Å². The van der Waals surface area contributed by atoms with Crippen molar-refractivity contribution < 1.29 is 19.2 Å². The van der Waals surface area contributed by atoms with E-state index in [0.29, 0.717) is 57.4 Å². The summed E-state index contributed by atoms with van der Waals surface area (Å²) in [6.45, 7) is 7.62. The molecule has 2 aliphatic carbocycles. The number of likely N-dealkylation sites (tertiary alicyclic amines) is 3. The zero-order chi connectivity index (χ0) is 32.9. The summed E-state index contributed by atoms with van der Waals surface area (Å²) in [6.07, 6.45) is 11.6. The molecule has 3 atom stereocenters. The molecule has 0 bridgehead atoms. The fourth-order valence-corrected chi connectivity index (χ4v) is 8.81. The highest BCUT2D eigenvalue weighted by atomic mass is 16.2. The molecular weight excluding hydrogens is 592 g/mol. The van der Waals surface area contributed by atoms with Gasteiger partial charge in [0.05, 0.1) is 30.1 Å². The minimum atomic E-state index is -0.475. The second-order valence-electron chi connectivity index (χ2n) is 15.8. The number of aromatic nitrogens is 2. The molecule has 2 saturated carbocycles. The van der Waals surface area contributed by atoms with Gasteiger partial charge >= 0.3 is 0 Å². The lowest BCUT2D eigenvalue weighted by molar-refractivity contribution is -0.157. The smallest absolute Gasteiger partial charge is 0.257 e. The van der Waals surface area contributed by atoms with Crippen LogP contribution in [0, 0.1) is 28.6 Å². The summed E-state index contributed by atoms with van der Waals surface area (Å²) in [5.41, 5.74) is 1.16. The zero-order valence-electron chi connectivity index (χ0n) is 28.3. The lowest BCUT2D eigenvalue weighted by Gasteiger charge is -2.51. The van der Waals surface area contributed by atoms with E-state index < -0.39 is 11.3 Å². The standard InChI is InChI=1S/C37H50N6O4/c1-36(2)17-30(36)34(46)42-24-37(25-42)23-41(33(45)28-18-38-43(21-28)19-26-11-6-4-7-12-26)22-31(37)35(47)40-16-10-13-27(20-40)32(44)39(3)29-14-8-5-9-15-29/h4,6-7,11-12,18,21,27,29-31H,5,8-10,13-17,19-20,22-25H2,1-3H3/t27-,30-,31+/m1/s1. The van der Waals surface area contributed by atoms with Gasteiger partial charge < -0.3 is 19.6 Å². The quantitative estimate of drug-likeness (QED) is 0.456. The van der Waals surface area contributed by atoms with Gasteiger partial charge in [-0.25, -0.2) is 0 Å². The highest BCUT2D eigenvalue weighted by Gasteiger charge is 2.62. The summed E-state index contributed by atoms with van der Waals surface area (Å²) >= 11 is 0. The van der Waals surface area contributed by atoms with Crippen molar-refractivity contribution in [1.29, 1.82) is 0 Å². The van der Waals surface area contributed by atoms with Crippen LogP contribution in [0.25, 0.3) is 0 Å². The molecular formula is C37H50N6O4. The first kappa shape index (κ1) is 31.9. The summed E-state index contributed by atoms with van der Waals surface area (Å²) in [5, 5.41) is 4.46. The first-order valence-electron chi connectivity index (χ1n) is 17.7. The Kier molecular flexibility index (Phi) is 8.41. The Labute approximate surface area is 278 Å². The lowest BCUT2D eigenvalue weighted by atomic mass is 9.70. The number of benzene rings is 1. The van der Waals surface area contributed by atoms with Crippen molar-refractivity contribution in [1.82, 2.24) is 29.4 Å². The van der Waals surface area contributed by atoms with Crippen molar-refractivity contribution in [2.75, 3.05) is 46.3 Å². The van der Waals surface area contributed by atoms with Crippen molar-refractivity contribution in [3.63, 3.8) is 0 Å². The van der Waals surface area contributed by atoms with Crippen LogP contribution in [0.3, 0.4) is 0 Å². The minimum Gasteiger partial charge on any atom is -0.342 e. The summed E-state index contributed by atoms with van der Waals surface area (Å²) < 4.78 is 1.77. The Morgan fingerprint density at radius 3 is 2.23 bits per heavy atom. The van der Waals surface area contributed by atoms with Crippen molar-refractivity contribution >= 4 is 23.6 Å². The van der Waals surface area contributed by atoms with Gasteiger partial charge in [0.2, 0.25) is 17.7 Å². The van der Waals surface area contributed by atoms with Gasteiger partial charge in [-0.05, 0) is 43.1 Å². The fraction of sp³-hybridized carbons (Fsp3) is 0.649. The molecule has 4 heterocycles. The first-order chi connectivity index (χ1) is 22.5. The van der Waals surface area contributed by atoms with Crippen LogP contribution < -0.4 is 0 Å². The van der Waals surface area contributed by atoms with E-state index in [1.54, 1.807) is 22.0 Å². The number of rotatable bonds is 7. The van der Waals surface area contributed by atoms with Crippen LogP contribution in [0.4, 0.5) is 0 Å². The van der Waals surface area contributed by atoms with Gasteiger partial charge in [0, 0.05) is 69.9 Å². The Bertz CT molecular complexity index is 1510. The molecule has 4 amide bonds. The molecule has 0 radical (unpaired) electrons. The number of carbonyl (C=O) groups is 4. The number of amides is 4. The predicted molar refractivity (Wildman–Crippen MR) is 177 cm³/mol. The largest absolute Gasteiger partial charge is 0.342 e. The summed E-state index contributed by atoms with van der Waals surface area (Å²) in [7, 11) is 1.94. The molecule has 10 nitrogen and oxygen atoms in total. The van der Waals surface area contributed by atoms with E-state index >= 15 is 0 Å². The van der Waals surface area contributed by atoms with Crippen LogP contribution in [-0.2, 0) is 20.9 Å². The van der Waals surface area contributed by atoms with E-state index in [9.17, 15) is 19.2 Å². The topological polar surface area (TPSA) is 99.1 Å². The number of carbonyl (C=O) groups excluding carboxylic acids is 4. The average Bonchev–Trinajstić information content (AvgIpc) is 3.37. The number of hydrogen-bond acceptors (Lipinski definition) is 5. The van der Waals surface area contributed by atoms with Crippen LogP contribution >= 0.6 is 0 Å². The molecule has 3 aliphatic heterocycles. The molecule has 1 spiro atoms. The lowest BCUT2D eigenvalue weighted by Crippen LogP contribution is -2.65. The normalized spacial score (nSPS) is 26.6. The monoisotopic (exact) mass is 642 g/mol. The third kappa shape index (κ3) is 6.20. The van der Waals surface area contributed by atoms with Crippen molar-refractivity contribution in [3.8, 4) is 0 Å². The van der Waals surface area contributed by atoms with Crippen molar-refractivity contribution in [3.05, 3.63) is 53.9 Å². The third-order valence-electron chi connectivity index (χ3n) is 12.0. The van der Waals surface area contributed by atoms with E-state index in [1.807, 2.05) is 52.1 Å². The summed E-state index contributed by atoms with van der Waals surface area (Å²) in [5.74, 6) is -0.336. The van der Waals surface area contributed by atoms with Crippen LogP contribution in [0.1, 0.15) is 81.1 Å². The van der Waals surface area contributed by atoms with E-state index in [1.165, 1.54) is 19.3 Å². The van der Waals surface area contributed by atoms with E-state index in [2.05, 4.69) is 18.9 Å². The zero-order valence-corrected chi connectivity index (χ0v) is 28.3. The maximum atomic E-state index is 14.4. The van der Waals surface area contributed by atoms with Gasteiger partial charge in [-0.15, -0.1) is 0 Å². The van der Waals surface area contributed by atoms with Gasteiger partial charge in [0.15, 0.2) is 0 Å². The van der Waals surface area contributed by atoms with Crippen LogP contribution in [-0.4, -0.2) is 105 Å². The van der Waals surface area contributed by atoms with E-state index in [4.69, 9.17) is 0 Å². The highest BCUT2D eigenvalue weighted by Crippen LogP contribution is 2.55. The first-order valence-corrected chi connectivity index (χ1v) is 17.7. The second kappa shape index (κ2) is 12.4. The maximum absolute atomic E-state index is 14.4. The van der Waals surface area contributed by atoms with Crippen molar-refractivity contribution in [2.24, 2.45) is 28.6 Å². The molecule has 10 heteroatoms. The van der Waals surface area contributed by atoms with Crippen LogP contribution in [0.2, 0.25) is 0 Å². The second-order valence-corrected chi connectivity index (χ2v) is 15.8. The van der Waals surface area contributed by atoms with Gasteiger partial charge in [0.25, 0.3) is 5.91 Å². The highest BCUT2D eigenvalue weighted by molar-refractivity contribution is 5.95. The molecule has 3 saturated heterocycles. The average molecular weight is 643 g/mol. The number of hydrogen-bond donors (Lipinski definition) is 0. The molecule has 0 N–H and O–H groups in total. The molecule has 5 aliphatic rings. The Hall–Kier alpha value is -3.69. The van der Waals surface area contributed by atoms with Crippen LogP contribution in [0.15, 0.2) is 42.7 Å². The van der Waals surface area contributed by atoms with Gasteiger partial charge in [-0.3, -0.25) is 23.9 Å². The SMILES string of the molecule is CN(C(=O)[C@@H]1CCCN(C(=O)[C@@H]2CN(C(=O)c3cnn(Cc4ccccc4)c3)CC23CN(C(=O)[C@H]2CC2(C)C)C3)C1)C1CCCCC1. The minimum absolute atomic E-state index is 0.0248. The molecule has 5 fully saturated rings. The fourth-order valence-electron chi connectivity index (χ4n) is 8.81. The molecule has 252 valence electrons. The molecule has 0 unspecified atom stereocenters. The predicted octanol–water partition coefficient (Wildman–Crippen LogP) is 3.91. The van der Waals surface area contributed by atoms with Crippen molar-refractivity contribution in [2.45, 2.75) is 77.8 Å². The number of nitrogens with zero attached hydrogens (tertiary/aromatic N) is 6. The van der Waals surface area contributed by atoms with E-state index in [0.717, 1.165) is 37.7 Å². The van der Waals surface area contributed by atoms with Gasteiger partial charge in [0.1, 0.15) is 0 Å². The van der Waals surface area contributed by atoms with Gasteiger partial charge in [-0.2, -0.15) is 5.10 Å². The Morgan fingerprint density at radius 2 is 1.53 bits per heavy atom. The summed E-state index contributed by atoms with van der Waals surface area (Å²) in [4.78, 5) is 62.8. The molecule has 1 aromatic heterocycles. The van der Waals surface area contributed by atoms with Gasteiger partial charge in [-0.1, -0.05) is 63.4 Å². The summed E-state index contributed by atoms with van der Waals surface area (Å²) in [6, 6.07) is 10.3. The molecule has 47 heavy (non-hydrogen) atoms.